The maximum Gasteiger partial charge on any atom is 0.258 e. The number of carbonyl (C=O) groups excluding carboxylic acids is 1. The van der Waals surface area contributed by atoms with Crippen LogP contribution in [0.2, 0.25) is 0 Å². The fourth-order valence-electron chi connectivity index (χ4n) is 3.09. The molecule has 1 heterocycles. The van der Waals surface area contributed by atoms with E-state index in [9.17, 15) is 4.79 Å². The predicted molar refractivity (Wildman–Crippen MR) is 115 cm³/mol. The van der Waals surface area contributed by atoms with Crippen LogP contribution in [0.4, 0.5) is 0 Å². The first-order valence-corrected chi connectivity index (χ1v) is 11.2. The van der Waals surface area contributed by atoms with Crippen LogP contribution in [0.25, 0.3) is 11.5 Å². The van der Waals surface area contributed by atoms with Gasteiger partial charge in [0.05, 0.1) is 24.8 Å². The Hall–Kier alpha value is -2.32. The number of methoxy groups -OCH3 is 1. The average Bonchev–Trinajstić information content (AvgIpc) is 3.49. The Balaban J connectivity index is 1.58. The Kier molecular flexibility index (Phi) is 5.91. The molecule has 1 fully saturated rings. The summed E-state index contributed by atoms with van der Waals surface area (Å²) in [4.78, 5) is 16.1. The number of aromatic nitrogens is 2. The highest BCUT2D eigenvalue weighted by Crippen LogP contribution is 2.33. The number of hydrogen-bond donors (Lipinski definition) is 0. The lowest BCUT2D eigenvalue weighted by Crippen LogP contribution is -2.33. The van der Waals surface area contributed by atoms with E-state index in [-0.39, 0.29) is 18.5 Å². The molecule has 4 rings (SSSR count). The molecule has 0 spiro atoms. The van der Waals surface area contributed by atoms with Gasteiger partial charge in [-0.25, -0.2) is 0 Å². The number of halogens is 1. The molecule has 0 saturated heterocycles. The molecular weight excluding hydrogens is 454 g/mol. The number of hydrogen-bond acceptors (Lipinski definition) is 6. The maximum absolute atomic E-state index is 13.3. The monoisotopic (exact) mass is 473 g/mol. The van der Waals surface area contributed by atoms with Crippen molar-refractivity contribution in [2.24, 2.45) is 0 Å². The highest BCUT2D eigenvalue weighted by molar-refractivity contribution is 9.10. The van der Waals surface area contributed by atoms with Crippen molar-refractivity contribution in [3.05, 3.63) is 58.4 Å². The molecule has 29 heavy (non-hydrogen) atoms. The predicted octanol–water partition coefficient (Wildman–Crippen LogP) is 5.03. The minimum atomic E-state index is -0.0855. The molecule has 2 aromatic carbocycles. The van der Waals surface area contributed by atoms with Gasteiger partial charge >= 0.3 is 0 Å². The highest BCUT2D eigenvalue weighted by Gasteiger charge is 2.35. The molecule has 1 aliphatic rings. The van der Waals surface area contributed by atoms with Crippen LogP contribution < -0.4 is 4.74 Å². The van der Waals surface area contributed by atoms with Gasteiger partial charge in [0.15, 0.2) is 0 Å². The van der Waals surface area contributed by atoms with E-state index in [1.54, 1.807) is 23.8 Å². The van der Waals surface area contributed by atoms with Gasteiger partial charge in [0.1, 0.15) is 5.75 Å². The van der Waals surface area contributed by atoms with Crippen LogP contribution in [0.1, 0.15) is 29.1 Å². The maximum atomic E-state index is 13.3. The van der Waals surface area contributed by atoms with Crippen molar-refractivity contribution in [1.82, 2.24) is 15.1 Å². The SMILES string of the molecule is COc1cc(SC)ccc1C(=O)N(Cc1nnc(-c2ccccc2Br)o1)C1CC1. The molecular formula is C21H20BrN3O3S. The summed E-state index contributed by atoms with van der Waals surface area (Å²) < 4.78 is 12.2. The van der Waals surface area contributed by atoms with Crippen LogP contribution in [0.15, 0.2) is 56.2 Å². The number of ether oxygens (including phenoxy) is 1. The topological polar surface area (TPSA) is 68.5 Å². The zero-order valence-electron chi connectivity index (χ0n) is 16.1. The molecule has 0 N–H and O–H groups in total. The quantitative estimate of drug-likeness (QED) is 0.448. The summed E-state index contributed by atoms with van der Waals surface area (Å²) in [6.45, 7) is 0.272. The van der Waals surface area contributed by atoms with Crippen molar-refractivity contribution in [1.29, 1.82) is 0 Å². The molecule has 0 bridgehead atoms. The lowest BCUT2D eigenvalue weighted by Gasteiger charge is -2.22. The van der Waals surface area contributed by atoms with Crippen LogP contribution in [-0.2, 0) is 6.54 Å². The third-order valence-corrected chi connectivity index (χ3v) is 6.18. The molecule has 150 valence electrons. The zero-order valence-corrected chi connectivity index (χ0v) is 18.5. The van der Waals surface area contributed by atoms with Gasteiger partial charge in [0.25, 0.3) is 5.91 Å². The van der Waals surface area contributed by atoms with Gasteiger partial charge in [-0.2, -0.15) is 0 Å². The van der Waals surface area contributed by atoms with Gasteiger partial charge < -0.3 is 14.1 Å². The number of amides is 1. The Bertz CT molecular complexity index is 1040. The van der Waals surface area contributed by atoms with E-state index < -0.39 is 0 Å². The standard InChI is InChI=1S/C21H20BrN3O3S/c1-27-18-11-14(29-2)9-10-16(18)21(26)25(13-7-8-13)12-19-23-24-20(28-19)15-5-3-4-6-17(15)22/h3-6,9-11,13H,7-8,12H2,1-2H3. The number of benzene rings is 2. The first kappa shape index (κ1) is 20.0. The minimum Gasteiger partial charge on any atom is -0.496 e. The summed E-state index contributed by atoms with van der Waals surface area (Å²) in [6.07, 6.45) is 3.94. The fraction of sp³-hybridized carbons (Fsp3) is 0.286. The Morgan fingerprint density at radius 2 is 2.07 bits per heavy atom. The summed E-state index contributed by atoms with van der Waals surface area (Å²) in [5.41, 5.74) is 1.37. The van der Waals surface area contributed by atoms with Crippen molar-refractivity contribution in [3.63, 3.8) is 0 Å². The molecule has 0 radical (unpaired) electrons. The molecule has 6 nitrogen and oxygen atoms in total. The van der Waals surface area contributed by atoms with Gasteiger partial charge in [-0.3, -0.25) is 4.79 Å². The van der Waals surface area contributed by atoms with Gasteiger partial charge in [-0.15, -0.1) is 22.0 Å². The van der Waals surface area contributed by atoms with E-state index in [1.165, 1.54) is 0 Å². The molecule has 1 aliphatic carbocycles. The second-order valence-electron chi connectivity index (χ2n) is 6.71. The summed E-state index contributed by atoms with van der Waals surface area (Å²) in [5, 5.41) is 8.32. The molecule has 0 atom stereocenters. The first-order valence-electron chi connectivity index (χ1n) is 9.21. The highest BCUT2D eigenvalue weighted by atomic mass is 79.9. The van der Waals surface area contributed by atoms with Crippen LogP contribution in [0.3, 0.4) is 0 Å². The molecule has 1 saturated carbocycles. The number of thioether (sulfide) groups is 1. The zero-order chi connectivity index (χ0) is 20.4. The Morgan fingerprint density at radius 3 is 2.76 bits per heavy atom. The van der Waals surface area contributed by atoms with Gasteiger partial charge in [0, 0.05) is 15.4 Å². The Labute approximate surface area is 181 Å². The Morgan fingerprint density at radius 1 is 1.28 bits per heavy atom. The van der Waals surface area contributed by atoms with E-state index in [0.717, 1.165) is 27.8 Å². The second kappa shape index (κ2) is 8.59. The third-order valence-electron chi connectivity index (χ3n) is 4.76. The van der Waals surface area contributed by atoms with Crippen LogP contribution in [0, 0.1) is 0 Å². The fourth-order valence-corrected chi connectivity index (χ4v) is 3.97. The first-order chi connectivity index (χ1) is 14.1. The molecule has 0 unspecified atom stereocenters. The summed E-state index contributed by atoms with van der Waals surface area (Å²) in [6, 6.07) is 13.5. The van der Waals surface area contributed by atoms with Gasteiger partial charge in [0.2, 0.25) is 11.8 Å². The van der Waals surface area contributed by atoms with E-state index in [0.29, 0.717) is 23.1 Å². The van der Waals surface area contributed by atoms with Gasteiger partial charge in [-0.1, -0.05) is 12.1 Å². The van der Waals surface area contributed by atoms with Crippen molar-refractivity contribution in [3.8, 4) is 17.2 Å². The lowest BCUT2D eigenvalue weighted by molar-refractivity contribution is 0.0711. The molecule has 1 aromatic heterocycles. The van der Waals surface area contributed by atoms with E-state index in [2.05, 4.69) is 26.1 Å². The number of carbonyl (C=O) groups is 1. The lowest BCUT2D eigenvalue weighted by atomic mass is 10.1. The largest absolute Gasteiger partial charge is 0.496 e. The molecule has 0 aliphatic heterocycles. The summed E-state index contributed by atoms with van der Waals surface area (Å²) in [7, 11) is 1.58. The average molecular weight is 474 g/mol. The van der Waals surface area contributed by atoms with Crippen LogP contribution in [0.5, 0.6) is 5.75 Å². The third kappa shape index (κ3) is 4.33. The van der Waals surface area contributed by atoms with E-state index in [4.69, 9.17) is 9.15 Å². The summed E-state index contributed by atoms with van der Waals surface area (Å²) in [5.74, 6) is 1.33. The van der Waals surface area contributed by atoms with Crippen molar-refractivity contribution < 1.29 is 13.9 Å². The van der Waals surface area contributed by atoms with Crippen LogP contribution in [-0.4, -0.2) is 40.4 Å². The molecule has 1 amide bonds. The second-order valence-corrected chi connectivity index (χ2v) is 8.45. The van der Waals surface area contributed by atoms with E-state index in [1.807, 2.05) is 48.7 Å². The van der Waals surface area contributed by atoms with E-state index >= 15 is 0 Å². The molecule has 8 heteroatoms. The minimum absolute atomic E-state index is 0.0855. The number of rotatable bonds is 7. The molecule has 3 aromatic rings. The van der Waals surface area contributed by atoms with Crippen LogP contribution >= 0.6 is 27.7 Å². The summed E-state index contributed by atoms with van der Waals surface area (Å²) >= 11 is 5.11. The van der Waals surface area contributed by atoms with Crippen molar-refractivity contribution in [2.75, 3.05) is 13.4 Å². The number of nitrogens with zero attached hydrogens (tertiary/aromatic N) is 3. The van der Waals surface area contributed by atoms with Crippen molar-refractivity contribution in [2.45, 2.75) is 30.3 Å². The normalized spacial score (nSPS) is 13.3. The smallest absolute Gasteiger partial charge is 0.258 e. The van der Waals surface area contributed by atoms with Crippen molar-refractivity contribution >= 4 is 33.6 Å². The van der Waals surface area contributed by atoms with Gasteiger partial charge in [-0.05, 0) is 65.4 Å².